The minimum absolute atomic E-state index is 0.426. The maximum absolute atomic E-state index is 5.19. The minimum atomic E-state index is -0.426. The molecule has 0 radical (unpaired) electrons. The van der Waals surface area contributed by atoms with Crippen LogP contribution in [0.1, 0.15) is 22.3 Å². The molecule has 2 aliphatic rings. The third-order valence-corrected chi connectivity index (χ3v) is 13.9. The van der Waals surface area contributed by atoms with Gasteiger partial charge in [0.2, 0.25) is 0 Å². The van der Waals surface area contributed by atoms with Gasteiger partial charge < -0.3 is 0 Å². The number of pyridine rings is 1. The van der Waals surface area contributed by atoms with Crippen molar-refractivity contribution in [3.8, 4) is 89.3 Å². The summed E-state index contributed by atoms with van der Waals surface area (Å²) in [6.07, 6.45) is 0. The van der Waals surface area contributed by atoms with Gasteiger partial charge in [-0.05, 0) is 124 Å². The fourth-order valence-corrected chi connectivity index (χ4v) is 11.0. The highest BCUT2D eigenvalue weighted by Crippen LogP contribution is 2.63. The van der Waals surface area contributed by atoms with Gasteiger partial charge in [0.1, 0.15) is 0 Å². The first-order chi connectivity index (χ1) is 32.2. The van der Waals surface area contributed by atoms with Crippen LogP contribution in [0.3, 0.4) is 0 Å². The smallest absolute Gasteiger partial charge is 0.0725 e. The van der Waals surface area contributed by atoms with Crippen LogP contribution in [-0.2, 0) is 5.41 Å². The lowest BCUT2D eigenvalue weighted by molar-refractivity contribution is 0.794. The van der Waals surface area contributed by atoms with E-state index in [2.05, 4.69) is 249 Å². The van der Waals surface area contributed by atoms with Crippen molar-refractivity contribution in [3.63, 3.8) is 0 Å². The molecule has 1 heteroatoms. The predicted molar refractivity (Wildman–Crippen MR) is 271 cm³/mol. The van der Waals surface area contributed by atoms with Crippen molar-refractivity contribution in [1.82, 2.24) is 4.98 Å². The second kappa shape index (κ2) is 14.9. The molecule has 0 aliphatic heterocycles. The minimum Gasteiger partial charge on any atom is -0.248 e. The van der Waals surface area contributed by atoms with Crippen LogP contribution < -0.4 is 0 Å². The molecule has 0 amide bonds. The van der Waals surface area contributed by atoms with E-state index in [1.807, 2.05) is 0 Å². The summed E-state index contributed by atoms with van der Waals surface area (Å²) in [6, 6.07) is 91.3. The van der Waals surface area contributed by atoms with Gasteiger partial charge in [-0.3, -0.25) is 0 Å². The lowest BCUT2D eigenvalue weighted by atomic mass is 9.70. The van der Waals surface area contributed by atoms with E-state index in [4.69, 9.17) is 4.98 Å². The van der Waals surface area contributed by atoms with Crippen molar-refractivity contribution in [2.45, 2.75) is 5.41 Å². The van der Waals surface area contributed by atoms with Crippen molar-refractivity contribution >= 4 is 10.8 Å². The van der Waals surface area contributed by atoms with Crippen LogP contribution in [0.2, 0.25) is 0 Å². The zero-order valence-corrected chi connectivity index (χ0v) is 35.6. The zero-order valence-electron chi connectivity index (χ0n) is 35.6. The topological polar surface area (TPSA) is 12.9 Å². The van der Waals surface area contributed by atoms with Crippen molar-refractivity contribution in [2.24, 2.45) is 0 Å². The highest BCUT2D eigenvalue weighted by atomic mass is 14.7. The van der Waals surface area contributed by atoms with Crippen LogP contribution in [0, 0.1) is 0 Å². The summed E-state index contributed by atoms with van der Waals surface area (Å²) < 4.78 is 0. The molecule has 1 aromatic heterocycles. The number of hydrogen-bond donors (Lipinski definition) is 0. The maximum Gasteiger partial charge on any atom is 0.0725 e. The van der Waals surface area contributed by atoms with Gasteiger partial charge in [0.25, 0.3) is 0 Å². The summed E-state index contributed by atoms with van der Waals surface area (Å²) in [5.74, 6) is 0. The molecule has 0 saturated heterocycles. The summed E-state index contributed by atoms with van der Waals surface area (Å²) in [7, 11) is 0. The number of hydrogen-bond acceptors (Lipinski definition) is 1. The lowest BCUT2D eigenvalue weighted by Gasteiger charge is -2.31. The molecule has 1 spiro atoms. The molecule has 302 valence electrons. The number of nitrogens with zero attached hydrogens (tertiary/aromatic N) is 1. The Kier molecular flexibility index (Phi) is 8.51. The fourth-order valence-electron chi connectivity index (χ4n) is 11.0. The zero-order chi connectivity index (χ0) is 42.9. The Morgan fingerprint density at radius 3 is 1.28 bits per heavy atom. The van der Waals surface area contributed by atoms with E-state index in [-0.39, 0.29) is 0 Å². The normalized spacial score (nSPS) is 12.7. The van der Waals surface area contributed by atoms with E-state index in [0.717, 1.165) is 28.1 Å². The van der Waals surface area contributed by atoms with E-state index in [0.29, 0.717) is 0 Å². The first-order valence-corrected chi connectivity index (χ1v) is 22.5. The molecule has 10 aromatic carbocycles. The molecule has 1 heterocycles. The SMILES string of the molecule is c1ccc(-c2cc(-c3ccccc3)nc(-c3ccc(-c4ccc(-c5cc6c(cc5-c5cccc7ccccc57)-c5ccccc5C65c6ccccc6-c6ccccc65)cc4)cc3)c2)cc1. The monoisotopic (exact) mass is 823 g/mol. The number of rotatable bonds is 6. The van der Waals surface area contributed by atoms with Gasteiger partial charge in [0, 0.05) is 11.1 Å². The summed E-state index contributed by atoms with van der Waals surface area (Å²) >= 11 is 0. The molecule has 0 unspecified atom stereocenters. The summed E-state index contributed by atoms with van der Waals surface area (Å²) in [5, 5.41) is 2.49. The highest BCUT2D eigenvalue weighted by molar-refractivity contribution is 6.04. The molecule has 2 aliphatic carbocycles. The Labute approximate surface area is 379 Å². The fraction of sp³-hybridized carbons (Fsp3) is 0.0156. The van der Waals surface area contributed by atoms with E-state index in [1.54, 1.807) is 0 Å². The molecule has 11 aromatic rings. The van der Waals surface area contributed by atoms with Gasteiger partial charge >= 0.3 is 0 Å². The van der Waals surface area contributed by atoms with Crippen LogP contribution in [0.15, 0.2) is 249 Å². The van der Waals surface area contributed by atoms with E-state index < -0.39 is 5.41 Å². The van der Waals surface area contributed by atoms with Gasteiger partial charge in [-0.25, -0.2) is 4.98 Å². The van der Waals surface area contributed by atoms with Crippen molar-refractivity contribution in [1.29, 1.82) is 0 Å². The Morgan fingerprint density at radius 1 is 0.231 bits per heavy atom. The molecule has 0 fully saturated rings. The summed E-state index contributed by atoms with van der Waals surface area (Å²) in [5.41, 5.74) is 23.9. The Balaban J connectivity index is 0.948. The van der Waals surface area contributed by atoms with Crippen LogP contribution in [0.4, 0.5) is 0 Å². The molecular weight excluding hydrogens is 783 g/mol. The molecule has 0 bridgehead atoms. The second-order valence-electron chi connectivity index (χ2n) is 17.4. The second-order valence-corrected chi connectivity index (χ2v) is 17.4. The Morgan fingerprint density at radius 2 is 0.662 bits per heavy atom. The van der Waals surface area contributed by atoms with Crippen molar-refractivity contribution < 1.29 is 0 Å². The van der Waals surface area contributed by atoms with Crippen LogP contribution >= 0.6 is 0 Å². The first-order valence-electron chi connectivity index (χ1n) is 22.5. The van der Waals surface area contributed by atoms with Gasteiger partial charge in [0.15, 0.2) is 0 Å². The number of aromatic nitrogens is 1. The summed E-state index contributed by atoms with van der Waals surface area (Å²) in [4.78, 5) is 5.19. The summed E-state index contributed by atoms with van der Waals surface area (Å²) in [6.45, 7) is 0. The standard InChI is InChI=1S/C64H41N/c1-3-16-42(17-4-1)49-38-62(47-19-5-2-6-20-47)65-63(39-49)48-36-32-44(33-37-48)43-30-34-46(35-31-43)55-41-61-57(40-56(55)51-26-15-21-45-18-7-8-22-50(45)51)54-25-11-14-29-60(54)64(61)58-27-12-9-23-52(58)53-24-10-13-28-59(53)64/h1-41H. The largest absolute Gasteiger partial charge is 0.248 e. The van der Waals surface area contributed by atoms with Gasteiger partial charge in [-0.1, -0.05) is 224 Å². The molecule has 0 atom stereocenters. The highest BCUT2D eigenvalue weighted by Gasteiger charge is 2.51. The predicted octanol–water partition coefficient (Wildman–Crippen LogP) is 16.6. The average molecular weight is 824 g/mol. The van der Waals surface area contributed by atoms with Crippen molar-refractivity contribution in [2.75, 3.05) is 0 Å². The maximum atomic E-state index is 5.19. The first kappa shape index (κ1) is 37.2. The van der Waals surface area contributed by atoms with Gasteiger partial charge in [-0.15, -0.1) is 0 Å². The number of benzene rings is 10. The van der Waals surface area contributed by atoms with Gasteiger partial charge in [-0.2, -0.15) is 0 Å². The third-order valence-electron chi connectivity index (χ3n) is 13.9. The Bertz CT molecular complexity index is 3510. The van der Waals surface area contributed by atoms with E-state index in [9.17, 15) is 0 Å². The third kappa shape index (κ3) is 5.83. The quantitative estimate of drug-likeness (QED) is 0.163. The van der Waals surface area contributed by atoms with Crippen LogP contribution in [0.25, 0.3) is 100 Å². The lowest BCUT2D eigenvalue weighted by Crippen LogP contribution is -2.25. The molecule has 65 heavy (non-hydrogen) atoms. The molecule has 13 rings (SSSR count). The molecule has 1 nitrogen and oxygen atoms in total. The molecule has 0 saturated carbocycles. The van der Waals surface area contributed by atoms with E-state index >= 15 is 0 Å². The van der Waals surface area contributed by atoms with Gasteiger partial charge in [0.05, 0.1) is 16.8 Å². The van der Waals surface area contributed by atoms with E-state index in [1.165, 1.54) is 94.2 Å². The van der Waals surface area contributed by atoms with Crippen molar-refractivity contribution in [3.05, 3.63) is 271 Å². The number of fused-ring (bicyclic) bond motifs is 11. The average Bonchev–Trinajstić information content (AvgIpc) is 3.85. The molecule has 0 N–H and O–H groups in total. The van der Waals surface area contributed by atoms with Crippen LogP contribution in [-0.4, -0.2) is 4.98 Å². The molecular formula is C64H41N. The Hall–Kier alpha value is -8.39. The van der Waals surface area contributed by atoms with Crippen LogP contribution in [0.5, 0.6) is 0 Å².